The van der Waals surface area contributed by atoms with Crippen LogP contribution in [0.25, 0.3) is 0 Å². The van der Waals surface area contributed by atoms with Gasteiger partial charge in [-0.3, -0.25) is 5.10 Å². The number of hydrogen-bond donors (Lipinski definition) is 3. The van der Waals surface area contributed by atoms with Gasteiger partial charge in [-0.15, -0.1) is 0 Å². The van der Waals surface area contributed by atoms with E-state index >= 15 is 0 Å². The van der Waals surface area contributed by atoms with Crippen LogP contribution in [0.1, 0.15) is 35.5 Å². The zero-order valence-corrected chi connectivity index (χ0v) is 13.0. The lowest BCUT2D eigenvalue weighted by molar-refractivity contribution is 0.559. The summed E-state index contributed by atoms with van der Waals surface area (Å²) in [5.41, 5.74) is 8.13. The number of nitrogens with two attached hydrogens (primary N) is 1. The van der Waals surface area contributed by atoms with E-state index in [1.165, 1.54) is 6.33 Å². The quantitative estimate of drug-likeness (QED) is 0.760. The predicted molar refractivity (Wildman–Crippen MR) is 78.9 cm³/mol. The molecule has 21 heavy (non-hydrogen) atoms. The maximum atomic E-state index is 12.5. The van der Waals surface area contributed by atoms with Crippen LogP contribution in [0.15, 0.2) is 23.4 Å². The van der Waals surface area contributed by atoms with E-state index in [9.17, 15) is 8.42 Å². The number of aryl methyl sites for hydroxylation is 2. The first-order chi connectivity index (χ1) is 9.85. The first-order valence-corrected chi connectivity index (χ1v) is 8.01. The second-order valence-corrected chi connectivity index (χ2v) is 6.64. The Morgan fingerprint density at radius 3 is 2.62 bits per heavy atom. The lowest BCUT2D eigenvalue weighted by Crippen LogP contribution is -2.28. The van der Waals surface area contributed by atoms with Crippen LogP contribution in [0.2, 0.25) is 0 Å². The minimum Gasteiger partial charge on any atom is -0.326 e. The number of rotatable bonds is 5. The topological polar surface area (TPSA) is 114 Å². The number of aromatic amines is 1. The number of nitrogens with one attached hydrogen (secondary N) is 2. The molecule has 0 fully saturated rings. The van der Waals surface area contributed by atoms with Crippen LogP contribution in [-0.2, 0) is 16.6 Å². The van der Waals surface area contributed by atoms with Crippen molar-refractivity contribution in [1.82, 2.24) is 19.9 Å². The summed E-state index contributed by atoms with van der Waals surface area (Å²) < 4.78 is 27.6. The Hall–Kier alpha value is -1.77. The third kappa shape index (κ3) is 3.29. The van der Waals surface area contributed by atoms with Crippen LogP contribution in [-0.4, -0.2) is 23.6 Å². The number of benzene rings is 1. The maximum absolute atomic E-state index is 12.5. The highest BCUT2D eigenvalue weighted by Gasteiger charge is 2.22. The van der Waals surface area contributed by atoms with E-state index in [4.69, 9.17) is 5.73 Å². The van der Waals surface area contributed by atoms with Gasteiger partial charge in [0.2, 0.25) is 10.0 Å². The Balaban J connectivity index is 2.36. The van der Waals surface area contributed by atoms with Crippen molar-refractivity contribution in [2.24, 2.45) is 5.73 Å². The number of hydrogen-bond acceptors (Lipinski definition) is 5. The third-order valence-electron chi connectivity index (χ3n) is 3.32. The lowest BCUT2D eigenvalue weighted by Gasteiger charge is -2.15. The van der Waals surface area contributed by atoms with Gasteiger partial charge in [-0.25, -0.2) is 18.1 Å². The van der Waals surface area contributed by atoms with E-state index in [0.29, 0.717) is 17.9 Å². The summed E-state index contributed by atoms with van der Waals surface area (Å²) in [5, 5.41) is 6.36. The van der Waals surface area contributed by atoms with E-state index in [-0.39, 0.29) is 4.90 Å². The molecular formula is C13H19N5O2S. The summed E-state index contributed by atoms with van der Waals surface area (Å²) in [6.07, 6.45) is 1.34. The van der Waals surface area contributed by atoms with Crippen molar-refractivity contribution in [3.05, 3.63) is 41.0 Å². The Bertz CT molecular complexity index is 725. The number of aromatic nitrogens is 3. The van der Waals surface area contributed by atoms with Crippen LogP contribution < -0.4 is 10.5 Å². The van der Waals surface area contributed by atoms with Crippen molar-refractivity contribution in [3.8, 4) is 0 Å². The van der Waals surface area contributed by atoms with Crippen LogP contribution in [0.5, 0.6) is 0 Å². The number of sulfonamides is 1. The van der Waals surface area contributed by atoms with Gasteiger partial charge in [0.05, 0.1) is 10.9 Å². The first-order valence-electron chi connectivity index (χ1n) is 6.53. The third-order valence-corrected chi connectivity index (χ3v) is 5.00. The minimum atomic E-state index is -3.66. The second kappa shape index (κ2) is 5.92. The Morgan fingerprint density at radius 2 is 2.05 bits per heavy atom. The highest BCUT2D eigenvalue weighted by Crippen LogP contribution is 2.22. The zero-order valence-electron chi connectivity index (χ0n) is 12.2. The molecule has 1 aromatic heterocycles. The molecule has 2 aromatic rings. The van der Waals surface area contributed by atoms with Crippen molar-refractivity contribution >= 4 is 10.0 Å². The zero-order chi connectivity index (χ0) is 15.6. The molecule has 1 unspecified atom stereocenters. The molecule has 1 heterocycles. The normalized spacial score (nSPS) is 13.3. The number of H-pyrrole nitrogens is 1. The molecule has 0 aliphatic rings. The van der Waals surface area contributed by atoms with Crippen LogP contribution in [0, 0.1) is 13.8 Å². The first kappa shape index (κ1) is 15.6. The molecule has 2 rings (SSSR count). The van der Waals surface area contributed by atoms with Gasteiger partial charge >= 0.3 is 0 Å². The Kier molecular flexibility index (Phi) is 4.40. The fourth-order valence-electron chi connectivity index (χ4n) is 2.16. The van der Waals surface area contributed by atoms with Gasteiger partial charge in [0, 0.05) is 6.54 Å². The fraction of sp³-hybridized carbons (Fsp3) is 0.385. The molecule has 114 valence electrons. The van der Waals surface area contributed by atoms with E-state index < -0.39 is 16.1 Å². The minimum absolute atomic E-state index is 0.236. The van der Waals surface area contributed by atoms with Crippen molar-refractivity contribution in [1.29, 1.82) is 0 Å². The molecule has 0 aliphatic heterocycles. The molecule has 8 heteroatoms. The average Bonchev–Trinajstić information content (AvgIpc) is 2.91. The van der Waals surface area contributed by atoms with E-state index in [0.717, 1.165) is 11.1 Å². The van der Waals surface area contributed by atoms with Crippen molar-refractivity contribution in [2.45, 2.75) is 38.3 Å². The summed E-state index contributed by atoms with van der Waals surface area (Å²) in [5.74, 6) is 0.461. The molecule has 0 saturated carbocycles. The van der Waals surface area contributed by atoms with E-state index in [2.05, 4.69) is 19.9 Å². The molecule has 0 spiro atoms. The molecule has 0 aliphatic carbocycles. The van der Waals surface area contributed by atoms with Crippen LogP contribution in [0.3, 0.4) is 0 Å². The van der Waals surface area contributed by atoms with Gasteiger partial charge in [-0.2, -0.15) is 5.10 Å². The largest absolute Gasteiger partial charge is 0.326 e. The van der Waals surface area contributed by atoms with Gasteiger partial charge in [-0.05, 0) is 43.5 Å². The Morgan fingerprint density at radius 1 is 1.33 bits per heavy atom. The highest BCUT2D eigenvalue weighted by atomic mass is 32.2. The van der Waals surface area contributed by atoms with Crippen molar-refractivity contribution in [2.75, 3.05) is 0 Å². The molecule has 1 aromatic carbocycles. The van der Waals surface area contributed by atoms with Gasteiger partial charge in [0.1, 0.15) is 12.2 Å². The summed E-state index contributed by atoms with van der Waals surface area (Å²) in [6.45, 7) is 5.68. The molecule has 0 saturated heterocycles. The average molecular weight is 309 g/mol. The van der Waals surface area contributed by atoms with Gasteiger partial charge in [0.15, 0.2) is 0 Å². The van der Waals surface area contributed by atoms with Gasteiger partial charge in [0.25, 0.3) is 0 Å². The number of nitrogens with zero attached hydrogens (tertiary/aromatic N) is 2. The summed E-state index contributed by atoms with van der Waals surface area (Å²) in [6, 6.07) is 2.95. The van der Waals surface area contributed by atoms with Gasteiger partial charge < -0.3 is 5.73 Å². The summed E-state index contributed by atoms with van der Waals surface area (Å²) in [4.78, 5) is 4.19. The van der Waals surface area contributed by atoms with E-state index in [1.54, 1.807) is 19.9 Å². The SMILES string of the molecule is Cc1cc(C)c(S(=O)(=O)NC(C)c2ncn[nH]2)cc1CN. The molecule has 7 nitrogen and oxygen atoms in total. The second-order valence-electron chi connectivity index (χ2n) is 4.96. The standard InChI is InChI=1S/C13H19N5O2S/c1-8-4-9(2)12(5-11(8)6-14)21(19,20)18-10(3)13-15-7-16-17-13/h4-5,7,10,18H,6,14H2,1-3H3,(H,15,16,17). The van der Waals surface area contributed by atoms with Crippen molar-refractivity contribution < 1.29 is 8.42 Å². The summed E-state index contributed by atoms with van der Waals surface area (Å²) in [7, 11) is -3.66. The molecule has 0 amide bonds. The predicted octanol–water partition coefficient (Wildman–Crippen LogP) is 0.920. The fourth-order valence-corrected chi connectivity index (χ4v) is 3.64. The molecule has 0 bridgehead atoms. The van der Waals surface area contributed by atoms with Crippen molar-refractivity contribution in [3.63, 3.8) is 0 Å². The Labute approximate surface area is 124 Å². The molecule has 4 N–H and O–H groups in total. The molecular weight excluding hydrogens is 290 g/mol. The summed E-state index contributed by atoms with van der Waals surface area (Å²) >= 11 is 0. The van der Waals surface area contributed by atoms with E-state index in [1.807, 2.05) is 13.0 Å². The monoisotopic (exact) mass is 309 g/mol. The van der Waals surface area contributed by atoms with Crippen LogP contribution in [0.4, 0.5) is 0 Å². The smallest absolute Gasteiger partial charge is 0.241 e. The van der Waals surface area contributed by atoms with Crippen LogP contribution >= 0.6 is 0 Å². The maximum Gasteiger partial charge on any atom is 0.241 e. The lowest BCUT2D eigenvalue weighted by atomic mass is 10.1. The van der Waals surface area contributed by atoms with Gasteiger partial charge in [-0.1, -0.05) is 6.07 Å². The highest BCUT2D eigenvalue weighted by molar-refractivity contribution is 7.89. The molecule has 1 atom stereocenters. The molecule has 0 radical (unpaired) electrons.